The first kappa shape index (κ1) is 15.2. The largest absolute Gasteiger partial charge is 0.355 e. The van der Waals surface area contributed by atoms with E-state index in [1.54, 1.807) is 0 Å². The fourth-order valence-corrected chi connectivity index (χ4v) is 2.45. The van der Waals surface area contributed by atoms with E-state index in [1.165, 1.54) is 5.56 Å². The van der Waals surface area contributed by atoms with Crippen LogP contribution in [0.4, 0.5) is 0 Å². The lowest BCUT2D eigenvalue weighted by Gasteiger charge is -2.13. The van der Waals surface area contributed by atoms with E-state index in [4.69, 9.17) is 0 Å². The number of carbonyl (C=O) groups excluding carboxylic acids is 1. The fourth-order valence-electron chi connectivity index (χ4n) is 2.45. The van der Waals surface area contributed by atoms with Crippen LogP contribution in [0.3, 0.4) is 0 Å². The molecular formula is C15H21N5O. The van der Waals surface area contributed by atoms with Gasteiger partial charge in [-0.15, -0.1) is 10.2 Å². The van der Waals surface area contributed by atoms with Crippen molar-refractivity contribution in [2.24, 2.45) is 0 Å². The summed E-state index contributed by atoms with van der Waals surface area (Å²) < 4.78 is 0. The van der Waals surface area contributed by atoms with Crippen molar-refractivity contribution in [3.8, 4) is 0 Å². The topological polar surface area (TPSA) is 83.6 Å². The van der Waals surface area contributed by atoms with E-state index in [2.05, 4.69) is 45.0 Å². The number of benzene rings is 1. The van der Waals surface area contributed by atoms with Crippen LogP contribution in [0, 0.1) is 20.8 Å². The maximum Gasteiger partial charge on any atom is 0.224 e. The van der Waals surface area contributed by atoms with Gasteiger partial charge in [0.15, 0.2) is 5.82 Å². The minimum Gasteiger partial charge on any atom is -0.355 e. The molecule has 1 aromatic carbocycles. The molecule has 0 bridgehead atoms. The van der Waals surface area contributed by atoms with Crippen LogP contribution in [0.2, 0.25) is 0 Å². The van der Waals surface area contributed by atoms with E-state index in [9.17, 15) is 4.79 Å². The molecule has 1 heterocycles. The van der Waals surface area contributed by atoms with E-state index in [-0.39, 0.29) is 11.8 Å². The predicted molar refractivity (Wildman–Crippen MR) is 80.0 cm³/mol. The summed E-state index contributed by atoms with van der Waals surface area (Å²) in [5.74, 6) is 0.659. The number of H-pyrrole nitrogens is 1. The molecule has 2 aromatic rings. The Labute approximate surface area is 124 Å². The molecule has 2 rings (SSSR count). The number of aryl methyl sites for hydroxylation is 3. The van der Waals surface area contributed by atoms with Crippen molar-refractivity contribution in [3.05, 3.63) is 40.2 Å². The van der Waals surface area contributed by atoms with E-state index in [0.29, 0.717) is 18.8 Å². The number of hydrogen-bond donors (Lipinski definition) is 2. The number of amides is 1. The quantitative estimate of drug-likeness (QED) is 0.874. The van der Waals surface area contributed by atoms with Crippen molar-refractivity contribution in [1.29, 1.82) is 0 Å². The SMILES string of the molecule is Cc1cc(C)c(CC(=O)NC[C@@H](C)c2nn[nH]n2)c(C)c1. The summed E-state index contributed by atoms with van der Waals surface area (Å²) in [7, 11) is 0. The number of nitrogens with zero attached hydrogens (tertiary/aromatic N) is 3. The number of tetrazole rings is 1. The molecular weight excluding hydrogens is 266 g/mol. The normalized spacial score (nSPS) is 12.2. The molecule has 0 saturated heterocycles. The minimum atomic E-state index is 0.0143. The molecule has 0 spiro atoms. The molecule has 21 heavy (non-hydrogen) atoms. The van der Waals surface area contributed by atoms with Gasteiger partial charge >= 0.3 is 0 Å². The maximum atomic E-state index is 12.1. The van der Waals surface area contributed by atoms with E-state index < -0.39 is 0 Å². The average molecular weight is 287 g/mol. The highest BCUT2D eigenvalue weighted by molar-refractivity contribution is 5.79. The molecule has 2 N–H and O–H groups in total. The summed E-state index contributed by atoms with van der Waals surface area (Å²) >= 11 is 0. The second-order valence-corrected chi connectivity index (χ2v) is 5.53. The summed E-state index contributed by atoms with van der Waals surface area (Å²) in [5, 5.41) is 16.7. The fraction of sp³-hybridized carbons (Fsp3) is 0.467. The van der Waals surface area contributed by atoms with Gasteiger partial charge in [-0.2, -0.15) is 5.21 Å². The Morgan fingerprint density at radius 3 is 2.52 bits per heavy atom. The zero-order chi connectivity index (χ0) is 15.4. The zero-order valence-corrected chi connectivity index (χ0v) is 12.9. The number of nitrogens with one attached hydrogen (secondary N) is 2. The van der Waals surface area contributed by atoms with Gasteiger partial charge in [0.2, 0.25) is 5.91 Å². The van der Waals surface area contributed by atoms with Gasteiger partial charge in [-0.1, -0.05) is 29.8 Å². The summed E-state index contributed by atoms with van der Waals surface area (Å²) in [6, 6.07) is 4.22. The van der Waals surface area contributed by atoms with Crippen LogP contribution in [-0.2, 0) is 11.2 Å². The molecule has 6 heteroatoms. The van der Waals surface area contributed by atoms with Crippen LogP contribution in [0.15, 0.2) is 12.1 Å². The molecule has 0 aliphatic rings. The third-order valence-corrected chi connectivity index (χ3v) is 3.59. The number of aromatic nitrogens is 4. The highest BCUT2D eigenvalue weighted by Gasteiger charge is 2.13. The summed E-state index contributed by atoms with van der Waals surface area (Å²) in [6.45, 7) is 8.61. The van der Waals surface area contributed by atoms with Gasteiger partial charge in [0.25, 0.3) is 0 Å². The molecule has 6 nitrogen and oxygen atoms in total. The molecule has 0 radical (unpaired) electrons. The standard InChI is InChI=1S/C15H21N5O/c1-9-5-10(2)13(11(3)6-9)7-14(21)16-8-12(4)15-17-19-20-18-15/h5-6,12H,7-8H2,1-4H3,(H,16,21)(H,17,18,19,20)/t12-/m1/s1. The van der Waals surface area contributed by atoms with Gasteiger partial charge in [-0.3, -0.25) is 4.79 Å². The third kappa shape index (κ3) is 3.87. The van der Waals surface area contributed by atoms with E-state index in [0.717, 1.165) is 16.7 Å². The van der Waals surface area contributed by atoms with Crippen LogP contribution in [0.1, 0.15) is 40.9 Å². The van der Waals surface area contributed by atoms with Crippen molar-refractivity contribution in [2.45, 2.75) is 40.0 Å². The summed E-state index contributed by atoms with van der Waals surface area (Å²) in [6.07, 6.45) is 0.400. The lowest BCUT2D eigenvalue weighted by Crippen LogP contribution is -2.29. The monoisotopic (exact) mass is 287 g/mol. The van der Waals surface area contributed by atoms with Crippen molar-refractivity contribution in [2.75, 3.05) is 6.54 Å². The Morgan fingerprint density at radius 2 is 1.95 bits per heavy atom. The van der Waals surface area contributed by atoms with Crippen molar-refractivity contribution in [3.63, 3.8) is 0 Å². The molecule has 1 aromatic heterocycles. The third-order valence-electron chi connectivity index (χ3n) is 3.59. The molecule has 0 saturated carbocycles. The molecule has 1 atom stereocenters. The first-order chi connectivity index (χ1) is 9.97. The van der Waals surface area contributed by atoms with Gasteiger partial charge in [-0.05, 0) is 37.5 Å². The van der Waals surface area contributed by atoms with Crippen molar-refractivity contribution >= 4 is 5.91 Å². The second kappa shape index (κ2) is 6.47. The molecule has 0 aliphatic carbocycles. The van der Waals surface area contributed by atoms with Crippen LogP contribution >= 0.6 is 0 Å². The van der Waals surface area contributed by atoms with Crippen molar-refractivity contribution in [1.82, 2.24) is 25.9 Å². The number of carbonyl (C=O) groups is 1. The lowest BCUT2D eigenvalue weighted by atomic mass is 9.97. The summed E-state index contributed by atoms with van der Waals surface area (Å²) in [4.78, 5) is 12.1. The highest BCUT2D eigenvalue weighted by atomic mass is 16.1. The number of hydrogen-bond acceptors (Lipinski definition) is 4. The molecule has 112 valence electrons. The Kier molecular flexibility index (Phi) is 4.67. The van der Waals surface area contributed by atoms with E-state index >= 15 is 0 Å². The molecule has 0 aliphatic heterocycles. The average Bonchev–Trinajstić information content (AvgIpc) is 2.94. The first-order valence-corrected chi connectivity index (χ1v) is 7.04. The molecule has 1 amide bonds. The first-order valence-electron chi connectivity index (χ1n) is 7.04. The number of rotatable bonds is 5. The van der Waals surface area contributed by atoms with Crippen LogP contribution in [0.25, 0.3) is 0 Å². The van der Waals surface area contributed by atoms with Gasteiger partial charge in [-0.25, -0.2) is 0 Å². The van der Waals surface area contributed by atoms with Crippen LogP contribution in [-0.4, -0.2) is 33.1 Å². The minimum absolute atomic E-state index is 0.0143. The Balaban J connectivity index is 1.93. The number of aromatic amines is 1. The molecule has 0 fully saturated rings. The Morgan fingerprint density at radius 1 is 1.29 bits per heavy atom. The highest BCUT2D eigenvalue weighted by Crippen LogP contribution is 2.17. The van der Waals surface area contributed by atoms with Crippen molar-refractivity contribution < 1.29 is 4.79 Å². The van der Waals surface area contributed by atoms with Crippen LogP contribution in [0.5, 0.6) is 0 Å². The maximum absolute atomic E-state index is 12.1. The molecule has 0 unspecified atom stereocenters. The zero-order valence-electron chi connectivity index (χ0n) is 12.9. The van der Waals surface area contributed by atoms with Gasteiger partial charge in [0.05, 0.1) is 6.42 Å². The van der Waals surface area contributed by atoms with Crippen LogP contribution < -0.4 is 5.32 Å². The predicted octanol–water partition coefficient (Wildman–Crippen LogP) is 1.59. The Hall–Kier alpha value is -2.24. The van der Waals surface area contributed by atoms with E-state index in [1.807, 2.05) is 20.8 Å². The van der Waals surface area contributed by atoms with Gasteiger partial charge in [0, 0.05) is 12.5 Å². The smallest absolute Gasteiger partial charge is 0.224 e. The Bertz CT molecular complexity index is 598. The summed E-state index contributed by atoms with van der Waals surface area (Å²) in [5.41, 5.74) is 4.65. The van der Waals surface area contributed by atoms with Gasteiger partial charge in [0.1, 0.15) is 0 Å². The second-order valence-electron chi connectivity index (χ2n) is 5.53. The lowest BCUT2D eigenvalue weighted by molar-refractivity contribution is -0.120. The van der Waals surface area contributed by atoms with Gasteiger partial charge < -0.3 is 5.32 Å².